The molecule has 0 unspecified atom stereocenters. The molecule has 0 aliphatic carbocycles. The Kier molecular flexibility index (Phi) is 2.02. The minimum atomic E-state index is -0.175. The largest absolute Gasteiger partial charge is 0.389 e. The van der Waals surface area contributed by atoms with Crippen LogP contribution in [0.4, 0.5) is 5.82 Å². The van der Waals surface area contributed by atoms with Crippen LogP contribution in [0.15, 0.2) is 22.8 Å². The summed E-state index contributed by atoms with van der Waals surface area (Å²) in [4.78, 5) is 6.22. The van der Waals surface area contributed by atoms with E-state index in [4.69, 9.17) is 5.11 Å². The van der Waals surface area contributed by atoms with Gasteiger partial charge in [-0.1, -0.05) is 15.9 Å². The number of aliphatic hydroxyl groups is 1. The minimum absolute atomic E-state index is 0.175. The quantitative estimate of drug-likeness (QED) is 0.781. The average molecular weight is 229 g/mol. The van der Waals surface area contributed by atoms with Crippen molar-refractivity contribution in [2.75, 3.05) is 18.0 Å². The predicted molar refractivity (Wildman–Crippen MR) is 50.2 cm³/mol. The van der Waals surface area contributed by atoms with Gasteiger partial charge in [-0.05, 0) is 12.1 Å². The fraction of sp³-hybridized carbons (Fsp3) is 0.375. The molecule has 3 nitrogen and oxygen atoms in total. The van der Waals surface area contributed by atoms with Gasteiger partial charge in [0.15, 0.2) is 0 Å². The average Bonchev–Trinajstić information content (AvgIpc) is 1.99. The Hall–Kier alpha value is -0.610. The molecule has 0 saturated carbocycles. The third-order valence-electron chi connectivity index (χ3n) is 1.89. The van der Waals surface area contributed by atoms with E-state index in [1.54, 1.807) is 6.20 Å². The van der Waals surface area contributed by atoms with E-state index >= 15 is 0 Å². The van der Waals surface area contributed by atoms with Crippen LogP contribution in [-0.4, -0.2) is 29.3 Å². The summed E-state index contributed by atoms with van der Waals surface area (Å²) in [5.41, 5.74) is 0. The van der Waals surface area contributed by atoms with Crippen LogP contribution in [0.5, 0.6) is 0 Å². The Balaban J connectivity index is 2.13. The molecule has 1 aliphatic rings. The first-order chi connectivity index (χ1) is 5.75. The first kappa shape index (κ1) is 8.01. The summed E-state index contributed by atoms with van der Waals surface area (Å²) >= 11 is 3.37. The van der Waals surface area contributed by atoms with E-state index in [-0.39, 0.29) is 6.10 Å². The summed E-state index contributed by atoms with van der Waals surface area (Å²) in [6.07, 6.45) is 1.58. The van der Waals surface area contributed by atoms with Crippen molar-refractivity contribution < 1.29 is 5.11 Å². The van der Waals surface area contributed by atoms with Crippen molar-refractivity contribution in [2.24, 2.45) is 0 Å². The molecule has 0 amide bonds. The summed E-state index contributed by atoms with van der Waals surface area (Å²) in [6, 6.07) is 3.84. The Labute approximate surface area is 79.2 Å². The van der Waals surface area contributed by atoms with Gasteiger partial charge in [0.1, 0.15) is 5.82 Å². The zero-order valence-corrected chi connectivity index (χ0v) is 8.03. The molecule has 1 saturated heterocycles. The molecule has 2 rings (SSSR count). The summed E-state index contributed by atoms with van der Waals surface area (Å²) in [5, 5.41) is 9.07. The molecule has 4 heteroatoms. The van der Waals surface area contributed by atoms with Crippen molar-refractivity contribution >= 4 is 21.7 Å². The van der Waals surface area contributed by atoms with E-state index < -0.39 is 0 Å². The van der Waals surface area contributed by atoms with Gasteiger partial charge < -0.3 is 10.0 Å². The Morgan fingerprint density at radius 2 is 2.33 bits per heavy atom. The van der Waals surface area contributed by atoms with Gasteiger partial charge in [0.25, 0.3) is 0 Å². The zero-order valence-electron chi connectivity index (χ0n) is 6.44. The van der Waals surface area contributed by atoms with E-state index in [1.165, 1.54) is 0 Å². The maximum atomic E-state index is 9.07. The number of β-amino-alcohol motifs (C(OH)–C–C–N with tert-alkyl or cyclic N) is 1. The molecular weight excluding hydrogens is 220 g/mol. The molecule has 12 heavy (non-hydrogen) atoms. The summed E-state index contributed by atoms with van der Waals surface area (Å²) < 4.78 is 1.02. The second kappa shape index (κ2) is 3.03. The van der Waals surface area contributed by atoms with Gasteiger partial charge in [-0.15, -0.1) is 0 Å². The van der Waals surface area contributed by atoms with Crippen molar-refractivity contribution in [1.29, 1.82) is 0 Å². The number of aromatic nitrogens is 1. The lowest BCUT2D eigenvalue weighted by Gasteiger charge is -2.36. The fourth-order valence-corrected chi connectivity index (χ4v) is 1.53. The van der Waals surface area contributed by atoms with Crippen molar-refractivity contribution in [3.05, 3.63) is 22.8 Å². The molecule has 0 atom stereocenters. The Morgan fingerprint density at radius 1 is 1.58 bits per heavy atom. The van der Waals surface area contributed by atoms with E-state index in [0.717, 1.165) is 10.3 Å². The molecule has 0 radical (unpaired) electrons. The van der Waals surface area contributed by atoms with Crippen molar-refractivity contribution in [3.63, 3.8) is 0 Å². The number of hydrogen-bond acceptors (Lipinski definition) is 3. The van der Waals surface area contributed by atoms with Crippen LogP contribution >= 0.6 is 15.9 Å². The summed E-state index contributed by atoms with van der Waals surface area (Å²) in [7, 11) is 0. The molecule has 0 aromatic carbocycles. The molecule has 1 fully saturated rings. The maximum absolute atomic E-state index is 9.07. The van der Waals surface area contributed by atoms with Crippen LogP contribution in [0, 0.1) is 0 Å². The van der Waals surface area contributed by atoms with Gasteiger partial charge in [0, 0.05) is 23.8 Å². The van der Waals surface area contributed by atoms with Crippen molar-refractivity contribution in [3.8, 4) is 0 Å². The van der Waals surface area contributed by atoms with E-state index in [0.29, 0.717) is 13.1 Å². The van der Waals surface area contributed by atoms with Gasteiger partial charge in [0.2, 0.25) is 0 Å². The third kappa shape index (κ3) is 1.44. The predicted octanol–water partition coefficient (Wildman–Crippen LogP) is 1.02. The van der Waals surface area contributed by atoms with Crippen molar-refractivity contribution in [1.82, 2.24) is 4.98 Å². The maximum Gasteiger partial charge on any atom is 0.129 e. The lowest BCUT2D eigenvalue weighted by atomic mass is 10.2. The molecule has 1 aromatic heterocycles. The number of hydrogen-bond donors (Lipinski definition) is 1. The molecule has 0 bridgehead atoms. The smallest absolute Gasteiger partial charge is 0.129 e. The topological polar surface area (TPSA) is 36.4 Å². The first-order valence-corrected chi connectivity index (χ1v) is 4.59. The lowest BCUT2D eigenvalue weighted by molar-refractivity contribution is 0.141. The Bertz CT molecular complexity index is 286. The monoisotopic (exact) mass is 228 g/mol. The molecule has 1 aromatic rings. The zero-order chi connectivity index (χ0) is 8.55. The van der Waals surface area contributed by atoms with Crippen LogP contribution in [0.1, 0.15) is 0 Å². The van der Waals surface area contributed by atoms with E-state index in [2.05, 4.69) is 20.9 Å². The van der Waals surface area contributed by atoms with Gasteiger partial charge in [0.05, 0.1) is 6.10 Å². The minimum Gasteiger partial charge on any atom is -0.389 e. The highest BCUT2D eigenvalue weighted by molar-refractivity contribution is 9.10. The van der Waals surface area contributed by atoms with Crippen LogP contribution in [-0.2, 0) is 0 Å². The number of halogens is 1. The van der Waals surface area contributed by atoms with Crippen LogP contribution in [0.3, 0.4) is 0 Å². The lowest BCUT2D eigenvalue weighted by Crippen LogP contribution is -2.51. The van der Waals surface area contributed by atoms with Crippen molar-refractivity contribution in [2.45, 2.75) is 6.10 Å². The highest BCUT2D eigenvalue weighted by Crippen LogP contribution is 2.21. The third-order valence-corrected chi connectivity index (χ3v) is 2.39. The van der Waals surface area contributed by atoms with E-state index in [9.17, 15) is 0 Å². The number of aliphatic hydroxyl groups excluding tert-OH is 1. The van der Waals surface area contributed by atoms with Crippen LogP contribution < -0.4 is 4.90 Å². The second-order valence-electron chi connectivity index (χ2n) is 2.89. The van der Waals surface area contributed by atoms with Gasteiger partial charge in [-0.3, -0.25) is 0 Å². The fourth-order valence-electron chi connectivity index (χ4n) is 1.21. The normalized spacial score (nSPS) is 17.7. The summed E-state index contributed by atoms with van der Waals surface area (Å²) in [5.74, 6) is 0.926. The van der Waals surface area contributed by atoms with Gasteiger partial charge >= 0.3 is 0 Å². The van der Waals surface area contributed by atoms with E-state index in [1.807, 2.05) is 17.0 Å². The van der Waals surface area contributed by atoms with Gasteiger partial charge in [-0.25, -0.2) is 4.98 Å². The molecule has 64 valence electrons. The summed E-state index contributed by atoms with van der Waals surface area (Å²) in [6.45, 7) is 1.40. The highest BCUT2D eigenvalue weighted by atomic mass is 79.9. The highest BCUT2D eigenvalue weighted by Gasteiger charge is 2.25. The molecule has 0 spiro atoms. The van der Waals surface area contributed by atoms with Gasteiger partial charge in [-0.2, -0.15) is 0 Å². The number of pyridine rings is 1. The van der Waals surface area contributed by atoms with Crippen LogP contribution in [0.25, 0.3) is 0 Å². The number of rotatable bonds is 1. The molecular formula is C8H9BrN2O. The first-order valence-electron chi connectivity index (χ1n) is 3.80. The second-order valence-corrected chi connectivity index (χ2v) is 3.81. The number of nitrogens with zero attached hydrogens (tertiary/aromatic N) is 2. The molecule has 1 N–H and O–H groups in total. The number of anilines is 1. The molecule has 2 heterocycles. The Morgan fingerprint density at radius 3 is 2.92 bits per heavy atom. The SMILES string of the molecule is OC1CN(c2cc(Br)ccn2)C1. The van der Waals surface area contributed by atoms with Crippen LogP contribution in [0.2, 0.25) is 0 Å². The molecule has 1 aliphatic heterocycles. The standard InChI is InChI=1S/C8H9BrN2O/c9-6-1-2-10-8(3-6)11-4-7(12)5-11/h1-3,7,12H,4-5H2.